The maximum absolute atomic E-state index is 11.9. The van der Waals surface area contributed by atoms with Crippen LogP contribution >= 0.6 is 15.9 Å². The van der Waals surface area contributed by atoms with Crippen LogP contribution in [-0.4, -0.2) is 28.2 Å². The first-order valence-corrected chi connectivity index (χ1v) is 6.56. The van der Waals surface area contributed by atoms with Crippen molar-refractivity contribution in [2.24, 2.45) is 0 Å². The number of rotatable bonds is 4. The number of amides is 1. The quantitative estimate of drug-likeness (QED) is 0.713. The van der Waals surface area contributed by atoms with Crippen molar-refractivity contribution < 1.29 is 4.79 Å². The fraction of sp³-hybridized carbons (Fsp3) is 0.909. The van der Waals surface area contributed by atoms with Crippen LogP contribution in [0.3, 0.4) is 0 Å². The first-order valence-electron chi connectivity index (χ1n) is 5.65. The molecule has 0 radical (unpaired) electrons. The van der Waals surface area contributed by atoms with Crippen LogP contribution in [0.25, 0.3) is 0 Å². The van der Waals surface area contributed by atoms with Gasteiger partial charge in [-0.25, -0.2) is 0 Å². The molecule has 1 fully saturated rings. The molecule has 2 nitrogen and oxygen atoms in total. The molecule has 0 saturated carbocycles. The van der Waals surface area contributed by atoms with Gasteiger partial charge in [-0.2, -0.15) is 0 Å². The van der Waals surface area contributed by atoms with Crippen LogP contribution in [0.5, 0.6) is 0 Å². The summed E-state index contributed by atoms with van der Waals surface area (Å²) >= 11 is 3.45. The molecule has 1 rings (SSSR count). The van der Waals surface area contributed by atoms with E-state index in [1.165, 1.54) is 0 Å². The van der Waals surface area contributed by atoms with Crippen molar-refractivity contribution in [3.8, 4) is 0 Å². The number of likely N-dealkylation sites (tertiary alicyclic amines) is 1. The van der Waals surface area contributed by atoms with Crippen molar-refractivity contribution in [1.29, 1.82) is 0 Å². The molecule has 0 N–H and O–H groups in total. The summed E-state index contributed by atoms with van der Waals surface area (Å²) in [5, 5.41) is 0. The zero-order chi connectivity index (χ0) is 10.6. The lowest BCUT2D eigenvalue weighted by Crippen LogP contribution is -2.47. The highest BCUT2D eigenvalue weighted by Gasteiger charge is 2.30. The molecular weight excluding hydrogens is 242 g/mol. The van der Waals surface area contributed by atoms with E-state index in [0.717, 1.165) is 38.6 Å². The van der Waals surface area contributed by atoms with Gasteiger partial charge in [-0.1, -0.05) is 36.2 Å². The van der Waals surface area contributed by atoms with Gasteiger partial charge in [-0.05, 0) is 25.7 Å². The van der Waals surface area contributed by atoms with E-state index in [2.05, 4.69) is 34.7 Å². The lowest BCUT2D eigenvalue weighted by atomic mass is 10.0. The zero-order valence-electron chi connectivity index (χ0n) is 9.13. The summed E-state index contributed by atoms with van der Waals surface area (Å²) < 4.78 is 0. The van der Waals surface area contributed by atoms with Crippen molar-refractivity contribution in [3.63, 3.8) is 0 Å². The monoisotopic (exact) mass is 261 g/mol. The maximum atomic E-state index is 11.9. The van der Waals surface area contributed by atoms with Gasteiger partial charge in [0.25, 0.3) is 0 Å². The van der Waals surface area contributed by atoms with Gasteiger partial charge in [0, 0.05) is 12.6 Å². The van der Waals surface area contributed by atoms with Gasteiger partial charge >= 0.3 is 0 Å². The van der Waals surface area contributed by atoms with E-state index < -0.39 is 0 Å². The average molecular weight is 262 g/mol. The van der Waals surface area contributed by atoms with Gasteiger partial charge in [0.1, 0.15) is 0 Å². The Kier molecular flexibility index (Phi) is 4.93. The van der Waals surface area contributed by atoms with Crippen molar-refractivity contribution in [2.75, 3.05) is 6.54 Å². The highest BCUT2D eigenvalue weighted by Crippen LogP contribution is 2.23. The van der Waals surface area contributed by atoms with Crippen LogP contribution in [0.1, 0.15) is 46.0 Å². The molecule has 82 valence electrons. The van der Waals surface area contributed by atoms with E-state index in [1.54, 1.807) is 0 Å². The summed E-state index contributed by atoms with van der Waals surface area (Å²) in [6.45, 7) is 5.31. The minimum absolute atomic E-state index is 0.0714. The van der Waals surface area contributed by atoms with E-state index in [9.17, 15) is 4.79 Å². The number of halogens is 1. The van der Waals surface area contributed by atoms with Crippen LogP contribution in [0.15, 0.2) is 0 Å². The number of piperidine rings is 1. The molecule has 1 amide bonds. The topological polar surface area (TPSA) is 20.3 Å². The zero-order valence-corrected chi connectivity index (χ0v) is 10.7. The van der Waals surface area contributed by atoms with E-state index in [0.29, 0.717) is 11.9 Å². The molecule has 0 bridgehead atoms. The summed E-state index contributed by atoms with van der Waals surface area (Å²) in [5.41, 5.74) is 0. The van der Waals surface area contributed by atoms with Gasteiger partial charge < -0.3 is 4.90 Å². The summed E-state index contributed by atoms with van der Waals surface area (Å²) in [7, 11) is 0. The molecule has 14 heavy (non-hydrogen) atoms. The Hall–Kier alpha value is -0.0500. The number of hydrogen-bond donors (Lipinski definition) is 0. The Labute approximate surface area is 95.2 Å². The molecule has 0 aromatic carbocycles. The summed E-state index contributed by atoms with van der Waals surface area (Å²) in [6.07, 6.45) is 5.52. The Morgan fingerprint density at radius 2 is 2.29 bits per heavy atom. The number of hydrogen-bond acceptors (Lipinski definition) is 1. The first kappa shape index (κ1) is 12.0. The third kappa shape index (κ3) is 2.72. The average Bonchev–Trinajstić information content (AvgIpc) is 2.19. The normalized spacial score (nSPS) is 25.2. The van der Waals surface area contributed by atoms with Gasteiger partial charge in [-0.15, -0.1) is 0 Å². The Balaban J connectivity index is 2.59. The standard InChI is InChI=1S/C11H20BrNO/c1-3-6-9(4-2)13-8-5-7-10(12)11(13)14/h9-10H,3-8H2,1-2H3. The van der Waals surface area contributed by atoms with Gasteiger partial charge in [0.05, 0.1) is 4.83 Å². The Bertz CT molecular complexity index is 196. The van der Waals surface area contributed by atoms with Crippen molar-refractivity contribution in [2.45, 2.75) is 56.8 Å². The number of nitrogens with zero attached hydrogens (tertiary/aromatic N) is 1. The molecule has 1 saturated heterocycles. The SMILES string of the molecule is CCCC(CC)N1CCCC(Br)C1=O. The van der Waals surface area contributed by atoms with Crippen LogP contribution in [0, 0.1) is 0 Å². The minimum Gasteiger partial charge on any atom is -0.339 e. The van der Waals surface area contributed by atoms with Crippen molar-refractivity contribution >= 4 is 21.8 Å². The summed E-state index contributed by atoms with van der Waals surface area (Å²) in [5.74, 6) is 0.302. The van der Waals surface area contributed by atoms with E-state index >= 15 is 0 Å². The van der Waals surface area contributed by atoms with Gasteiger partial charge in [0.2, 0.25) is 5.91 Å². The second-order valence-corrected chi connectivity index (χ2v) is 5.10. The lowest BCUT2D eigenvalue weighted by molar-refractivity contribution is -0.135. The van der Waals surface area contributed by atoms with Crippen LogP contribution in [0.4, 0.5) is 0 Å². The van der Waals surface area contributed by atoms with Crippen molar-refractivity contribution in [1.82, 2.24) is 4.90 Å². The van der Waals surface area contributed by atoms with Gasteiger partial charge in [0.15, 0.2) is 0 Å². The molecule has 0 aromatic heterocycles. The first-order chi connectivity index (χ1) is 6.70. The van der Waals surface area contributed by atoms with Gasteiger partial charge in [-0.3, -0.25) is 4.79 Å². The Morgan fingerprint density at radius 1 is 1.57 bits per heavy atom. The Morgan fingerprint density at radius 3 is 2.86 bits per heavy atom. The van der Waals surface area contributed by atoms with Crippen molar-refractivity contribution in [3.05, 3.63) is 0 Å². The molecular formula is C11H20BrNO. The summed E-state index contributed by atoms with van der Waals surface area (Å²) in [6, 6.07) is 0.466. The molecule has 3 heteroatoms. The summed E-state index contributed by atoms with van der Waals surface area (Å²) in [4.78, 5) is 14.0. The predicted octanol–water partition coefficient (Wildman–Crippen LogP) is 2.95. The van der Waals surface area contributed by atoms with E-state index in [4.69, 9.17) is 0 Å². The molecule has 1 aliphatic heterocycles. The second kappa shape index (κ2) is 5.74. The third-order valence-corrected chi connectivity index (χ3v) is 3.79. The molecule has 0 aromatic rings. The molecule has 1 heterocycles. The fourth-order valence-corrected chi connectivity index (χ4v) is 2.72. The van der Waals surface area contributed by atoms with Crippen LogP contribution < -0.4 is 0 Å². The third-order valence-electron chi connectivity index (χ3n) is 2.94. The fourth-order valence-electron chi connectivity index (χ4n) is 2.13. The number of carbonyl (C=O) groups is 1. The number of carbonyl (C=O) groups excluding carboxylic acids is 1. The minimum atomic E-state index is 0.0714. The smallest absolute Gasteiger partial charge is 0.236 e. The van der Waals surface area contributed by atoms with Crippen LogP contribution in [0.2, 0.25) is 0 Å². The molecule has 0 spiro atoms. The molecule has 0 aliphatic carbocycles. The molecule has 2 atom stereocenters. The highest BCUT2D eigenvalue weighted by molar-refractivity contribution is 9.10. The number of alkyl halides is 1. The maximum Gasteiger partial charge on any atom is 0.236 e. The molecule has 2 unspecified atom stereocenters. The van der Waals surface area contributed by atoms with E-state index in [1.807, 2.05) is 0 Å². The van der Waals surface area contributed by atoms with E-state index in [-0.39, 0.29) is 4.83 Å². The van der Waals surface area contributed by atoms with Crippen LogP contribution in [-0.2, 0) is 4.79 Å². The predicted molar refractivity (Wildman–Crippen MR) is 62.6 cm³/mol. The highest BCUT2D eigenvalue weighted by atomic mass is 79.9. The lowest BCUT2D eigenvalue weighted by Gasteiger charge is -2.36. The largest absolute Gasteiger partial charge is 0.339 e. The second-order valence-electron chi connectivity index (χ2n) is 3.99. The molecule has 1 aliphatic rings.